The zero-order valence-electron chi connectivity index (χ0n) is 15.4. The third kappa shape index (κ3) is 4.43. The Morgan fingerprint density at radius 1 is 1.29 bits per heavy atom. The van der Waals surface area contributed by atoms with Crippen LogP contribution >= 0.6 is 0 Å². The number of ether oxygens (including phenoxy) is 1. The number of carbonyl (C=O) groups is 1. The Kier molecular flexibility index (Phi) is 5.42. The van der Waals surface area contributed by atoms with Gasteiger partial charge in [0.15, 0.2) is 0 Å². The summed E-state index contributed by atoms with van der Waals surface area (Å²) in [7, 11) is 0. The number of nitrogens with zero attached hydrogens (tertiary/aromatic N) is 1. The quantitative estimate of drug-likeness (QED) is 0.805. The highest BCUT2D eigenvalue weighted by Crippen LogP contribution is 2.25. The number of nitrogen functional groups attached to an aromatic ring is 1. The molecule has 0 spiro atoms. The number of aryl methyl sites for hydroxylation is 1. The highest BCUT2D eigenvalue weighted by molar-refractivity contribution is 5.87. The van der Waals surface area contributed by atoms with E-state index in [9.17, 15) is 4.79 Å². The van der Waals surface area contributed by atoms with E-state index in [1.54, 1.807) is 4.90 Å². The zero-order valence-corrected chi connectivity index (χ0v) is 15.4. The molecule has 2 aromatic rings. The molecule has 1 aromatic carbocycles. The van der Waals surface area contributed by atoms with E-state index in [1.807, 2.05) is 39.0 Å². The first-order valence-corrected chi connectivity index (χ1v) is 8.56. The van der Waals surface area contributed by atoms with Gasteiger partial charge in [0.2, 0.25) is 0 Å². The molecule has 0 bridgehead atoms. The molecule has 5 heteroatoms. The average Bonchev–Trinajstić information content (AvgIpc) is 2.76. The summed E-state index contributed by atoms with van der Waals surface area (Å²) in [6.07, 6.45) is 1.43. The van der Waals surface area contributed by atoms with Crippen LogP contribution in [0.15, 0.2) is 18.2 Å². The number of amides is 1. The number of nitrogens with two attached hydrogens (primary N) is 1. The molecule has 0 radical (unpaired) electrons. The van der Waals surface area contributed by atoms with Crippen LogP contribution in [0, 0.1) is 6.92 Å². The Bertz CT molecular complexity index is 713. The lowest BCUT2D eigenvalue weighted by Gasteiger charge is -2.27. The van der Waals surface area contributed by atoms with Crippen molar-refractivity contribution in [2.75, 3.05) is 18.8 Å². The molecule has 0 aliphatic rings. The molecule has 0 fully saturated rings. The topological polar surface area (TPSA) is 71.3 Å². The molecule has 1 aromatic heterocycles. The molecule has 3 N–H and O–H groups in total. The Balaban J connectivity index is 2.16. The van der Waals surface area contributed by atoms with Gasteiger partial charge in [0.25, 0.3) is 0 Å². The third-order valence-electron chi connectivity index (χ3n) is 3.92. The van der Waals surface area contributed by atoms with Crippen molar-refractivity contribution < 1.29 is 9.53 Å². The van der Waals surface area contributed by atoms with E-state index >= 15 is 0 Å². The predicted molar refractivity (Wildman–Crippen MR) is 99.3 cm³/mol. The second-order valence-electron chi connectivity index (χ2n) is 7.25. The minimum absolute atomic E-state index is 0.249. The molecule has 1 amide bonds. The fourth-order valence-electron chi connectivity index (χ4n) is 2.86. The van der Waals surface area contributed by atoms with Gasteiger partial charge < -0.3 is 20.4 Å². The van der Waals surface area contributed by atoms with E-state index in [4.69, 9.17) is 10.5 Å². The summed E-state index contributed by atoms with van der Waals surface area (Å²) in [6.45, 7) is 11.1. The van der Waals surface area contributed by atoms with E-state index in [1.165, 1.54) is 5.56 Å². The van der Waals surface area contributed by atoms with Gasteiger partial charge in [0, 0.05) is 35.4 Å². The molecule has 0 aliphatic carbocycles. The van der Waals surface area contributed by atoms with Crippen LogP contribution in [0.25, 0.3) is 10.9 Å². The number of fused-ring (bicyclic) bond motifs is 1. The molecular formula is C19H29N3O2. The number of nitrogens with one attached hydrogen (secondary N) is 1. The maximum absolute atomic E-state index is 12.4. The van der Waals surface area contributed by atoms with Crippen molar-refractivity contribution >= 4 is 22.7 Å². The molecule has 0 saturated carbocycles. The van der Waals surface area contributed by atoms with Crippen molar-refractivity contribution in [2.45, 2.75) is 53.1 Å². The molecule has 0 aliphatic heterocycles. The average molecular weight is 331 g/mol. The van der Waals surface area contributed by atoms with Gasteiger partial charge in [-0.25, -0.2) is 4.79 Å². The summed E-state index contributed by atoms with van der Waals surface area (Å²) in [5, 5.41) is 1.13. The fraction of sp³-hybridized carbons (Fsp3) is 0.526. The number of hydrogen-bond donors (Lipinski definition) is 2. The van der Waals surface area contributed by atoms with E-state index in [0.29, 0.717) is 13.1 Å². The van der Waals surface area contributed by atoms with E-state index < -0.39 is 5.60 Å². The number of aromatic nitrogens is 1. The fourth-order valence-corrected chi connectivity index (χ4v) is 2.86. The van der Waals surface area contributed by atoms with Crippen molar-refractivity contribution in [3.8, 4) is 0 Å². The first kappa shape index (κ1) is 18.2. The molecule has 0 unspecified atom stereocenters. The van der Waals surface area contributed by atoms with Gasteiger partial charge in [0.05, 0.1) is 0 Å². The van der Waals surface area contributed by atoms with Crippen molar-refractivity contribution in [3.05, 3.63) is 29.5 Å². The van der Waals surface area contributed by atoms with E-state index in [0.717, 1.165) is 35.1 Å². The Morgan fingerprint density at radius 2 is 2.00 bits per heavy atom. The van der Waals surface area contributed by atoms with Gasteiger partial charge in [-0.3, -0.25) is 0 Å². The van der Waals surface area contributed by atoms with Crippen LogP contribution in [0.1, 0.15) is 45.4 Å². The van der Waals surface area contributed by atoms with Crippen LogP contribution in [0.2, 0.25) is 0 Å². The van der Waals surface area contributed by atoms with Crippen molar-refractivity contribution in [3.63, 3.8) is 0 Å². The minimum atomic E-state index is -0.478. The number of H-pyrrole nitrogens is 1. The monoisotopic (exact) mass is 331 g/mol. The highest BCUT2D eigenvalue weighted by atomic mass is 16.6. The summed E-state index contributed by atoms with van der Waals surface area (Å²) in [6, 6.07) is 5.89. The standard InChI is InChI=1S/C19H29N3O2/c1-6-10-22(18(23)24-19(3,4)5)11-9-15-13(2)21-17-8-7-14(20)12-16(15)17/h7-8,12,21H,6,9-11,20H2,1-5H3. The van der Waals surface area contributed by atoms with Crippen LogP contribution in [0.4, 0.5) is 10.5 Å². The summed E-state index contributed by atoms with van der Waals surface area (Å²) >= 11 is 0. The maximum Gasteiger partial charge on any atom is 0.410 e. The zero-order chi connectivity index (χ0) is 17.9. The van der Waals surface area contributed by atoms with Crippen LogP contribution in [-0.2, 0) is 11.2 Å². The van der Waals surface area contributed by atoms with Gasteiger partial charge in [-0.05, 0) is 64.3 Å². The van der Waals surface area contributed by atoms with Crippen molar-refractivity contribution in [1.82, 2.24) is 9.88 Å². The van der Waals surface area contributed by atoms with Crippen molar-refractivity contribution in [1.29, 1.82) is 0 Å². The molecule has 5 nitrogen and oxygen atoms in total. The van der Waals surface area contributed by atoms with E-state index in [-0.39, 0.29) is 6.09 Å². The lowest BCUT2D eigenvalue weighted by Crippen LogP contribution is -2.38. The molecular weight excluding hydrogens is 302 g/mol. The second kappa shape index (κ2) is 7.16. The molecule has 132 valence electrons. The van der Waals surface area contributed by atoms with Gasteiger partial charge in [-0.1, -0.05) is 6.92 Å². The normalized spacial score (nSPS) is 11.7. The number of anilines is 1. The van der Waals surface area contributed by atoms with Gasteiger partial charge >= 0.3 is 6.09 Å². The summed E-state index contributed by atoms with van der Waals surface area (Å²) < 4.78 is 5.52. The summed E-state index contributed by atoms with van der Waals surface area (Å²) in [4.78, 5) is 17.6. The number of hydrogen-bond acceptors (Lipinski definition) is 3. The summed E-state index contributed by atoms with van der Waals surface area (Å²) in [5.74, 6) is 0. The number of aromatic amines is 1. The number of rotatable bonds is 5. The lowest BCUT2D eigenvalue weighted by atomic mass is 10.1. The second-order valence-corrected chi connectivity index (χ2v) is 7.25. The van der Waals surface area contributed by atoms with Crippen LogP contribution in [0.5, 0.6) is 0 Å². The Labute approximate surface area is 144 Å². The third-order valence-corrected chi connectivity index (χ3v) is 3.92. The van der Waals surface area contributed by atoms with Gasteiger partial charge in [0.1, 0.15) is 5.60 Å². The lowest BCUT2D eigenvalue weighted by molar-refractivity contribution is 0.0252. The number of carbonyl (C=O) groups excluding carboxylic acids is 1. The molecule has 1 heterocycles. The largest absolute Gasteiger partial charge is 0.444 e. The highest BCUT2D eigenvalue weighted by Gasteiger charge is 2.22. The first-order chi connectivity index (χ1) is 11.2. The minimum Gasteiger partial charge on any atom is -0.444 e. The van der Waals surface area contributed by atoms with Gasteiger partial charge in [-0.2, -0.15) is 0 Å². The SMILES string of the molecule is CCCN(CCc1c(C)[nH]c2ccc(N)cc12)C(=O)OC(C)(C)C. The first-order valence-electron chi connectivity index (χ1n) is 8.56. The maximum atomic E-state index is 12.4. The van der Waals surface area contributed by atoms with Crippen LogP contribution < -0.4 is 5.73 Å². The molecule has 2 rings (SSSR count). The predicted octanol–water partition coefficient (Wildman–Crippen LogP) is 4.25. The Morgan fingerprint density at radius 3 is 2.62 bits per heavy atom. The number of benzene rings is 1. The summed E-state index contributed by atoms with van der Waals surface area (Å²) in [5.41, 5.74) is 9.61. The molecule has 0 saturated heterocycles. The van der Waals surface area contributed by atoms with Gasteiger partial charge in [-0.15, -0.1) is 0 Å². The molecule has 24 heavy (non-hydrogen) atoms. The van der Waals surface area contributed by atoms with Crippen LogP contribution in [-0.4, -0.2) is 34.7 Å². The van der Waals surface area contributed by atoms with Crippen LogP contribution in [0.3, 0.4) is 0 Å². The Hall–Kier alpha value is -2.17. The van der Waals surface area contributed by atoms with Crippen molar-refractivity contribution in [2.24, 2.45) is 0 Å². The smallest absolute Gasteiger partial charge is 0.410 e. The van der Waals surface area contributed by atoms with E-state index in [2.05, 4.69) is 18.8 Å². The molecule has 0 atom stereocenters.